The maximum absolute atomic E-state index is 12.6. The quantitative estimate of drug-likeness (QED) is 0.0320. The van der Waals surface area contributed by atoms with Crippen molar-refractivity contribution >= 4 is 11.9 Å². The number of esters is 1. The largest absolute Gasteiger partial charge is 0.466 e. The van der Waals surface area contributed by atoms with Gasteiger partial charge in [0.1, 0.15) is 0 Å². The molecule has 0 heterocycles. The summed E-state index contributed by atoms with van der Waals surface area (Å²) < 4.78 is 5.50. The van der Waals surface area contributed by atoms with Crippen LogP contribution in [0.4, 0.5) is 0 Å². The van der Waals surface area contributed by atoms with Crippen molar-refractivity contribution in [2.75, 3.05) is 13.2 Å². The van der Waals surface area contributed by atoms with Crippen molar-refractivity contribution in [3.05, 3.63) is 36.5 Å². The van der Waals surface area contributed by atoms with E-state index >= 15 is 0 Å². The molecule has 87 heavy (non-hydrogen) atoms. The first-order valence-electron chi connectivity index (χ1n) is 39.7. The lowest BCUT2D eigenvalue weighted by Crippen LogP contribution is -2.45. The average Bonchev–Trinajstić information content (AvgIpc) is 3.53. The first-order valence-corrected chi connectivity index (χ1v) is 39.7. The molecule has 0 aromatic rings. The molecule has 0 rings (SSSR count). The molecule has 0 aliphatic rings. The zero-order valence-electron chi connectivity index (χ0n) is 59.0. The van der Waals surface area contributed by atoms with E-state index in [9.17, 15) is 19.8 Å². The molecular formula is C81H155NO5. The van der Waals surface area contributed by atoms with E-state index in [-0.39, 0.29) is 18.5 Å². The zero-order valence-corrected chi connectivity index (χ0v) is 59.0. The Hall–Kier alpha value is -1.92. The van der Waals surface area contributed by atoms with Crippen molar-refractivity contribution in [2.45, 2.75) is 456 Å². The van der Waals surface area contributed by atoms with Gasteiger partial charge >= 0.3 is 5.97 Å². The van der Waals surface area contributed by atoms with Crippen LogP contribution in [0.2, 0.25) is 0 Å². The number of aliphatic hydroxyl groups is 2. The van der Waals surface area contributed by atoms with Gasteiger partial charge in [-0.2, -0.15) is 0 Å². The van der Waals surface area contributed by atoms with Crippen LogP contribution in [0.15, 0.2) is 36.5 Å². The van der Waals surface area contributed by atoms with Gasteiger partial charge < -0.3 is 20.3 Å². The summed E-state index contributed by atoms with van der Waals surface area (Å²) in [6.07, 6.45) is 99.5. The second kappa shape index (κ2) is 76.5. The van der Waals surface area contributed by atoms with Crippen molar-refractivity contribution in [3.8, 4) is 0 Å². The lowest BCUT2D eigenvalue weighted by molar-refractivity contribution is -0.143. The number of carbonyl (C=O) groups is 2. The Morgan fingerprint density at radius 2 is 0.575 bits per heavy atom. The van der Waals surface area contributed by atoms with Crippen LogP contribution in [-0.4, -0.2) is 47.4 Å². The molecule has 6 heteroatoms. The fourth-order valence-electron chi connectivity index (χ4n) is 12.6. The van der Waals surface area contributed by atoms with Crippen molar-refractivity contribution in [2.24, 2.45) is 0 Å². The molecule has 0 aliphatic heterocycles. The number of rotatable bonds is 75. The summed E-state index contributed by atoms with van der Waals surface area (Å²) in [6.45, 7) is 4.98. The van der Waals surface area contributed by atoms with Crippen LogP contribution >= 0.6 is 0 Å². The molecule has 0 aromatic carbocycles. The van der Waals surface area contributed by atoms with E-state index in [1.54, 1.807) is 0 Å². The molecule has 3 N–H and O–H groups in total. The fraction of sp³-hybridized carbons (Fsp3) is 0.901. The van der Waals surface area contributed by atoms with E-state index in [1.165, 1.54) is 360 Å². The molecule has 2 unspecified atom stereocenters. The van der Waals surface area contributed by atoms with Crippen LogP contribution < -0.4 is 5.32 Å². The molecule has 0 aromatic heterocycles. The third kappa shape index (κ3) is 73.0. The highest BCUT2D eigenvalue weighted by molar-refractivity contribution is 5.76. The highest BCUT2D eigenvalue weighted by Gasteiger charge is 2.20. The highest BCUT2D eigenvalue weighted by Crippen LogP contribution is 2.20. The highest BCUT2D eigenvalue weighted by atomic mass is 16.5. The van der Waals surface area contributed by atoms with Crippen LogP contribution in [0.25, 0.3) is 0 Å². The third-order valence-electron chi connectivity index (χ3n) is 18.7. The molecule has 0 saturated carbocycles. The minimum Gasteiger partial charge on any atom is -0.466 e. The molecule has 0 spiro atoms. The molecular weight excluding hydrogens is 1070 g/mol. The SMILES string of the molecule is CCCCCC/C=C\C/C=C\CCCCCCCC(=O)OCCCCCCCCCCCCCCCC/C=C\CCCCCCCCCCCCCCCCCCCC(=O)NC(CO)C(O)CCCCCCCCCCCCCCCCCCCCC. The van der Waals surface area contributed by atoms with Crippen LogP contribution in [0.3, 0.4) is 0 Å². The monoisotopic (exact) mass is 1220 g/mol. The van der Waals surface area contributed by atoms with E-state index in [4.69, 9.17) is 4.74 Å². The molecule has 0 aliphatic carbocycles. The first kappa shape index (κ1) is 85.1. The van der Waals surface area contributed by atoms with Crippen molar-refractivity contribution in [1.29, 1.82) is 0 Å². The van der Waals surface area contributed by atoms with Gasteiger partial charge in [-0.25, -0.2) is 0 Å². The minimum absolute atomic E-state index is 0.00736. The van der Waals surface area contributed by atoms with E-state index in [2.05, 4.69) is 55.6 Å². The van der Waals surface area contributed by atoms with E-state index < -0.39 is 12.1 Å². The van der Waals surface area contributed by atoms with E-state index in [1.807, 2.05) is 0 Å². The third-order valence-corrected chi connectivity index (χ3v) is 18.7. The van der Waals surface area contributed by atoms with Crippen molar-refractivity contribution in [3.63, 3.8) is 0 Å². The number of hydrogen-bond donors (Lipinski definition) is 3. The molecule has 0 fully saturated rings. The number of allylic oxidation sites excluding steroid dienone is 6. The summed E-state index contributed by atoms with van der Waals surface area (Å²) in [4.78, 5) is 24.6. The summed E-state index contributed by atoms with van der Waals surface area (Å²) in [5, 5.41) is 23.4. The number of carbonyl (C=O) groups excluding carboxylic acids is 2. The average molecular weight is 1220 g/mol. The second-order valence-corrected chi connectivity index (χ2v) is 27.4. The lowest BCUT2D eigenvalue weighted by Gasteiger charge is -2.22. The fourth-order valence-corrected chi connectivity index (χ4v) is 12.6. The maximum atomic E-state index is 12.6. The van der Waals surface area contributed by atoms with Crippen molar-refractivity contribution < 1.29 is 24.5 Å². The maximum Gasteiger partial charge on any atom is 0.305 e. The topological polar surface area (TPSA) is 95.9 Å². The number of hydrogen-bond acceptors (Lipinski definition) is 5. The molecule has 0 saturated heterocycles. The molecule has 0 bridgehead atoms. The normalized spacial score (nSPS) is 12.6. The Morgan fingerprint density at radius 3 is 0.897 bits per heavy atom. The zero-order chi connectivity index (χ0) is 62.8. The van der Waals surface area contributed by atoms with Crippen LogP contribution in [0.5, 0.6) is 0 Å². The van der Waals surface area contributed by atoms with Gasteiger partial charge in [-0.3, -0.25) is 9.59 Å². The predicted octanol–water partition coefficient (Wildman–Crippen LogP) is 26.2. The summed E-state index contributed by atoms with van der Waals surface area (Å²) in [5.41, 5.74) is 0. The van der Waals surface area contributed by atoms with Gasteiger partial charge in [0.2, 0.25) is 5.91 Å². The smallest absolute Gasteiger partial charge is 0.305 e. The summed E-state index contributed by atoms with van der Waals surface area (Å²) in [5.74, 6) is -0.0195. The van der Waals surface area contributed by atoms with Gasteiger partial charge in [0.05, 0.1) is 25.4 Å². The summed E-state index contributed by atoms with van der Waals surface area (Å²) >= 11 is 0. The van der Waals surface area contributed by atoms with Gasteiger partial charge in [-0.15, -0.1) is 0 Å². The van der Waals surface area contributed by atoms with Crippen molar-refractivity contribution in [1.82, 2.24) is 5.32 Å². The Labute approximate surface area is 544 Å². The summed E-state index contributed by atoms with van der Waals surface area (Å²) in [6, 6.07) is -0.540. The van der Waals surface area contributed by atoms with E-state index in [0.717, 1.165) is 51.4 Å². The second-order valence-electron chi connectivity index (χ2n) is 27.4. The standard InChI is InChI=1S/C81H155NO5/c1-3-5-7-9-11-13-15-17-19-21-39-42-45-49-53-57-61-65-69-73-79(84)78(77-83)82-80(85)74-70-66-62-58-54-50-46-43-40-37-35-33-31-29-27-25-23-22-24-26-28-30-32-34-36-38-41-44-48-52-56-60-64-68-72-76-87-81(86)75-71-67-63-59-55-51-47-20-18-16-14-12-10-8-6-4-2/h14,16,20,24,26,47,78-79,83-84H,3-13,15,17-19,21-23,25,27-46,48-77H2,1-2H3,(H,82,85)/b16-14-,26-24-,47-20-. The Balaban J connectivity index is 3.34. The van der Waals surface area contributed by atoms with Crippen LogP contribution in [-0.2, 0) is 14.3 Å². The van der Waals surface area contributed by atoms with Gasteiger partial charge in [-0.05, 0) is 83.5 Å². The van der Waals surface area contributed by atoms with Crippen LogP contribution in [0.1, 0.15) is 444 Å². The minimum atomic E-state index is -0.663. The number of ether oxygens (including phenoxy) is 1. The van der Waals surface area contributed by atoms with Gasteiger partial charge in [-0.1, -0.05) is 384 Å². The van der Waals surface area contributed by atoms with Gasteiger partial charge in [0.15, 0.2) is 0 Å². The number of nitrogens with one attached hydrogen (secondary N) is 1. The number of amides is 1. The van der Waals surface area contributed by atoms with E-state index in [0.29, 0.717) is 25.9 Å². The van der Waals surface area contributed by atoms with Gasteiger partial charge in [0.25, 0.3) is 0 Å². The number of aliphatic hydroxyl groups excluding tert-OH is 2. The van der Waals surface area contributed by atoms with Crippen LogP contribution in [0, 0.1) is 0 Å². The Bertz CT molecular complexity index is 1410. The molecule has 1 amide bonds. The first-order chi connectivity index (χ1) is 43.0. The molecule has 2 atom stereocenters. The summed E-state index contributed by atoms with van der Waals surface area (Å²) in [7, 11) is 0. The Kier molecular flexibility index (Phi) is 74.8. The lowest BCUT2D eigenvalue weighted by atomic mass is 10.0. The Morgan fingerprint density at radius 1 is 0.322 bits per heavy atom. The molecule has 514 valence electrons. The van der Waals surface area contributed by atoms with Gasteiger partial charge in [0, 0.05) is 12.8 Å². The molecule has 6 nitrogen and oxygen atoms in total. The molecule has 0 radical (unpaired) electrons. The predicted molar refractivity (Wildman–Crippen MR) is 384 cm³/mol. The number of unbranched alkanes of at least 4 members (excludes halogenated alkanes) is 58.